The molecule has 6 nitrogen and oxygen atoms in total. The summed E-state index contributed by atoms with van der Waals surface area (Å²) in [5.41, 5.74) is 8.98. The second-order valence-electron chi connectivity index (χ2n) is 12.4. The lowest BCUT2D eigenvalue weighted by atomic mass is 9.96. The molecular weight excluding hydrogens is 646 g/mol. The lowest BCUT2D eigenvalue weighted by Crippen LogP contribution is -1.98. The number of fused-ring (bicyclic) bond motifs is 3. The zero-order valence-corrected chi connectivity index (χ0v) is 27.7. The molecule has 3 aromatic heterocycles. The third-order valence-corrected chi connectivity index (χ3v) is 9.25. The van der Waals surface area contributed by atoms with Gasteiger partial charge in [0.2, 0.25) is 0 Å². The highest BCUT2D eigenvalue weighted by molar-refractivity contribution is 6.10. The van der Waals surface area contributed by atoms with Gasteiger partial charge in [-0.2, -0.15) is 5.26 Å². The molecule has 0 aliphatic carbocycles. The van der Waals surface area contributed by atoms with Gasteiger partial charge in [0.15, 0.2) is 11.6 Å². The minimum absolute atomic E-state index is 0.0772. The highest BCUT2D eigenvalue weighted by Crippen LogP contribution is 2.39. The fourth-order valence-electron chi connectivity index (χ4n) is 6.85. The molecule has 9 rings (SSSR count). The van der Waals surface area contributed by atoms with E-state index >= 15 is 4.39 Å². The summed E-state index contributed by atoms with van der Waals surface area (Å²) in [4.78, 5) is 9.38. The third kappa shape index (κ3) is 5.45. The van der Waals surface area contributed by atoms with Crippen molar-refractivity contribution in [1.29, 1.82) is 5.26 Å². The second kappa shape index (κ2) is 12.9. The number of nitrogens with zero attached hydrogens (tertiary/aromatic N) is 5. The summed E-state index contributed by atoms with van der Waals surface area (Å²) in [6, 6.07) is 50.9. The van der Waals surface area contributed by atoms with Crippen molar-refractivity contribution in [2.75, 3.05) is 0 Å². The van der Waals surface area contributed by atoms with Crippen molar-refractivity contribution >= 4 is 21.8 Å². The average molecular weight is 674 g/mol. The van der Waals surface area contributed by atoms with E-state index in [-0.39, 0.29) is 5.75 Å². The number of pyridine rings is 1. The van der Waals surface area contributed by atoms with Crippen molar-refractivity contribution in [3.63, 3.8) is 0 Å². The minimum atomic E-state index is -0.493. The van der Waals surface area contributed by atoms with Crippen molar-refractivity contribution < 1.29 is 9.13 Å². The number of aromatic nitrogens is 4. The number of imidazole rings is 1. The van der Waals surface area contributed by atoms with Crippen LogP contribution in [0.4, 0.5) is 4.39 Å². The van der Waals surface area contributed by atoms with Gasteiger partial charge < -0.3 is 9.30 Å². The monoisotopic (exact) mass is 673 g/mol. The number of nitriles is 1. The third-order valence-electron chi connectivity index (χ3n) is 9.25. The van der Waals surface area contributed by atoms with Crippen molar-refractivity contribution in [3.05, 3.63) is 182 Å². The van der Waals surface area contributed by atoms with Crippen LogP contribution in [0.15, 0.2) is 170 Å². The Kier molecular flexibility index (Phi) is 7.60. The van der Waals surface area contributed by atoms with E-state index in [1.165, 1.54) is 6.07 Å². The standard InChI is InChI=1S/C45H28FN5O/c46-39-21-18-33(40-28-50(29-49-40)45-35(31-10-3-1-4-11-31)14-9-15-36(45)32-12-5-2-6-13-32)25-43(39)52-34-19-20-37-38-24-30(27-47)17-22-41(38)51(42(37)26-34)44-16-7-8-23-48-44/h1-26,28-29H. The lowest BCUT2D eigenvalue weighted by Gasteiger charge is -2.16. The molecule has 0 saturated carbocycles. The Bertz CT molecular complexity index is 2730. The largest absolute Gasteiger partial charge is 0.454 e. The molecule has 0 aliphatic heterocycles. The molecule has 0 aliphatic rings. The van der Waals surface area contributed by atoms with Crippen LogP contribution in [0.25, 0.3) is 66.8 Å². The summed E-state index contributed by atoms with van der Waals surface area (Å²) in [5, 5.41) is 11.4. The van der Waals surface area contributed by atoms with E-state index in [1.807, 2.05) is 100 Å². The average Bonchev–Trinajstić information content (AvgIpc) is 3.82. The summed E-state index contributed by atoms with van der Waals surface area (Å²) >= 11 is 0. The van der Waals surface area contributed by atoms with Crippen molar-refractivity contribution in [2.45, 2.75) is 0 Å². The van der Waals surface area contributed by atoms with Crippen LogP contribution in [0.1, 0.15) is 5.56 Å². The SMILES string of the molecule is N#Cc1ccc2c(c1)c1ccc(Oc3cc(-c4cn(-c5c(-c6ccccc6)cccc5-c5ccccc5)cn4)ccc3F)cc1n2-c1ccccn1. The molecule has 0 radical (unpaired) electrons. The summed E-state index contributed by atoms with van der Waals surface area (Å²) < 4.78 is 25.8. The fourth-order valence-corrected chi connectivity index (χ4v) is 6.85. The van der Waals surface area contributed by atoms with E-state index in [4.69, 9.17) is 9.72 Å². The molecular formula is C45H28FN5O. The fraction of sp³-hybridized carbons (Fsp3) is 0. The molecule has 0 fully saturated rings. The van der Waals surface area contributed by atoms with E-state index < -0.39 is 5.82 Å². The first-order valence-corrected chi connectivity index (χ1v) is 16.8. The predicted molar refractivity (Wildman–Crippen MR) is 203 cm³/mol. The number of hydrogen-bond acceptors (Lipinski definition) is 4. The van der Waals surface area contributed by atoms with Gasteiger partial charge in [-0.3, -0.25) is 4.57 Å². The van der Waals surface area contributed by atoms with Gasteiger partial charge in [0.25, 0.3) is 0 Å². The zero-order valence-electron chi connectivity index (χ0n) is 27.7. The molecule has 9 aromatic rings. The van der Waals surface area contributed by atoms with Gasteiger partial charge in [0.1, 0.15) is 11.6 Å². The van der Waals surface area contributed by atoms with Gasteiger partial charge in [-0.05, 0) is 71.8 Å². The van der Waals surface area contributed by atoms with Gasteiger partial charge in [0.05, 0.1) is 40.4 Å². The van der Waals surface area contributed by atoms with Gasteiger partial charge in [-0.25, -0.2) is 14.4 Å². The molecule has 3 heterocycles. The molecule has 7 heteroatoms. The first kappa shape index (κ1) is 30.7. The maximum Gasteiger partial charge on any atom is 0.165 e. The first-order chi connectivity index (χ1) is 25.6. The van der Waals surface area contributed by atoms with Crippen LogP contribution >= 0.6 is 0 Å². The Morgan fingerprint density at radius 2 is 1.37 bits per heavy atom. The number of hydrogen-bond donors (Lipinski definition) is 0. The van der Waals surface area contributed by atoms with Gasteiger partial charge in [-0.15, -0.1) is 0 Å². The van der Waals surface area contributed by atoms with E-state index in [0.717, 1.165) is 55.6 Å². The number of ether oxygens (including phenoxy) is 1. The Labute approximate surface area is 298 Å². The van der Waals surface area contributed by atoms with E-state index in [0.29, 0.717) is 22.6 Å². The quantitative estimate of drug-likeness (QED) is 0.169. The van der Waals surface area contributed by atoms with Gasteiger partial charge in [0, 0.05) is 45.9 Å². The van der Waals surface area contributed by atoms with Gasteiger partial charge in [-0.1, -0.05) is 84.9 Å². The number of benzene rings is 6. The molecule has 0 amide bonds. The number of rotatable bonds is 7. The van der Waals surface area contributed by atoms with Crippen LogP contribution in [0.2, 0.25) is 0 Å². The highest BCUT2D eigenvalue weighted by atomic mass is 19.1. The predicted octanol–water partition coefficient (Wildman–Crippen LogP) is 11.2. The molecule has 6 aromatic carbocycles. The smallest absolute Gasteiger partial charge is 0.165 e. The topological polar surface area (TPSA) is 68.7 Å². The molecule has 246 valence electrons. The van der Waals surface area contributed by atoms with E-state index in [2.05, 4.69) is 53.5 Å². The van der Waals surface area contributed by atoms with Crippen LogP contribution in [0, 0.1) is 17.1 Å². The summed E-state index contributed by atoms with van der Waals surface area (Å²) in [7, 11) is 0. The van der Waals surface area contributed by atoms with E-state index in [1.54, 1.807) is 30.7 Å². The summed E-state index contributed by atoms with van der Waals surface area (Å²) in [5.74, 6) is 0.762. The molecule has 0 atom stereocenters. The molecule has 0 unspecified atom stereocenters. The highest BCUT2D eigenvalue weighted by Gasteiger charge is 2.18. The number of halogens is 1. The van der Waals surface area contributed by atoms with Crippen molar-refractivity contribution in [1.82, 2.24) is 19.1 Å². The normalized spacial score (nSPS) is 11.2. The molecule has 0 saturated heterocycles. The second-order valence-corrected chi connectivity index (χ2v) is 12.4. The lowest BCUT2D eigenvalue weighted by molar-refractivity contribution is 0.443. The maximum atomic E-state index is 15.4. The Morgan fingerprint density at radius 3 is 2.08 bits per heavy atom. The van der Waals surface area contributed by atoms with Crippen LogP contribution in [0.3, 0.4) is 0 Å². The van der Waals surface area contributed by atoms with Crippen molar-refractivity contribution in [2.24, 2.45) is 0 Å². The van der Waals surface area contributed by atoms with Crippen LogP contribution in [0.5, 0.6) is 11.5 Å². The van der Waals surface area contributed by atoms with Crippen LogP contribution in [-0.2, 0) is 0 Å². The number of para-hydroxylation sites is 1. The minimum Gasteiger partial charge on any atom is -0.454 e. The van der Waals surface area contributed by atoms with Crippen molar-refractivity contribution in [3.8, 4) is 62.6 Å². The van der Waals surface area contributed by atoms with E-state index in [9.17, 15) is 5.26 Å². The Balaban J connectivity index is 1.11. The summed E-state index contributed by atoms with van der Waals surface area (Å²) in [6.07, 6.45) is 5.51. The molecule has 52 heavy (non-hydrogen) atoms. The molecule has 0 bridgehead atoms. The Morgan fingerprint density at radius 1 is 0.615 bits per heavy atom. The first-order valence-electron chi connectivity index (χ1n) is 16.8. The molecule has 0 spiro atoms. The maximum absolute atomic E-state index is 15.4. The van der Waals surface area contributed by atoms with Crippen LogP contribution in [-0.4, -0.2) is 19.1 Å². The summed E-state index contributed by atoms with van der Waals surface area (Å²) in [6.45, 7) is 0. The van der Waals surface area contributed by atoms with Crippen LogP contribution < -0.4 is 4.74 Å². The zero-order chi connectivity index (χ0) is 35.0. The molecule has 0 N–H and O–H groups in total. The Hall–Kier alpha value is -7.30. The van der Waals surface area contributed by atoms with Gasteiger partial charge >= 0.3 is 0 Å².